The first-order chi connectivity index (χ1) is 11.4. The molecule has 0 bridgehead atoms. The molecule has 1 aliphatic rings. The highest BCUT2D eigenvalue weighted by atomic mass is 32.2. The van der Waals surface area contributed by atoms with Crippen LogP contribution in [0.15, 0.2) is 28.7 Å². The standard InChI is InChI=1S/C15H19FN4O3S/c1-24(21,22)19-13-6-8-20(9-7-13)10-14-17-18-15(23-14)11-2-4-12(16)5-3-11/h2-5,13,19H,6-10H2,1H3. The Morgan fingerprint density at radius 1 is 1.25 bits per heavy atom. The maximum atomic E-state index is 12.9. The third-order valence-electron chi connectivity index (χ3n) is 3.89. The van der Waals surface area contributed by atoms with Crippen LogP contribution in [0.25, 0.3) is 11.5 Å². The van der Waals surface area contributed by atoms with E-state index in [2.05, 4.69) is 19.8 Å². The van der Waals surface area contributed by atoms with Crippen LogP contribution in [0.1, 0.15) is 18.7 Å². The second kappa shape index (κ2) is 6.96. The maximum Gasteiger partial charge on any atom is 0.247 e. The van der Waals surface area contributed by atoms with Gasteiger partial charge >= 0.3 is 0 Å². The van der Waals surface area contributed by atoms with E-state index in [1.807, 2.05) is 0 Å². The van der Waals surface area contributed by atoms with Crippen LogP contribution in [-0.4, -0.2) is 48.9 Å². The Morgan fingerprint density at radius 2 is 1.92 bits per heavy atom. The molecule has 1 aliphatic heterocycles. The molecule has 0 radical (unpaired) electrons. The number of rotatable bonds is 5. The van der Waals surface area contributed by atoms with Gasteiger partial charge in [-0.05, 0) is 37.1 Å². The maximum absolute atomic E-state index is 12.9. The summed E-state index contributed by atoms with van der Waals surface area (Å²) in [4.78, 5) is 2.14. The van der Waals surface area contributed by atoms with E-state index in [1.165, 1.54) is 18.4 Å². The van der Waals surface area contributed by atoms with E-state index in [0.29, 0.717) is 23.9 Å². The van der Waals surface area contributed by atoms with Gasteiger partial charge in [0.25, 0.3) is 0 Å². The van der Waals surface area contributed by atoms with Crippen LogP contribution in [0.3, 0.4) is 0 Å². The van der Waals surface area contributed by atoms with Gasteiger partial charge in [-0.25, -0.2) is 17.5 Å². The fraction of sp³-hybridized carbons (Fsp3) is 0.467. The average molecular weight is 354 g/mol. The first-order valence-corrected chi connectivity index (χ1v) is 9.56. The Morgan fingerprint density at radius 3 is 2.54 bits per heavy atom. The van der Waals surface area contributed by atoms with E-state index in [4.69, 9.17) is 4.42 Å². The summed E-state index contributed by atoms with van der Waals surface area (Å²) in [6, 6.07) is 5.86. The van der Waals surface area contributed by atoms with E-state index >= 15 is 0 Å². The molecule has 0 aliphatic carbocycles. The molecule has 24 heavy (non-hydrogen) atoms. The molecule has 1 N–H and O–H groups in total. The highest BCUT2D eigenvalue weighted by Gasteiger charge is 2.23. The lowest BCUT2D eigenvalue weighted by atomic mass is 10.1. The summed E-state index contributed by atoms with van der Waals surface area (Å²) >= 11 is 0. The van der Waals surface area contributed by atoms with Gasteiger partial charge in [-0.15, -0.1) is 10.2 Å². The monoisotopic (exact) mass is 354 g/mol. The van der Waals surface area contributed by atoms with E-state index in [0.717, 1.165) is 25.9 Å². The predicted octanol–water partition coefficient (Wildman–Crippen LogP) is 1.39. The lowest BCUT2D eigenvalue weighted by Crippen LogP contribution is -2.43. The minimum atomic E-state index is -3.17. The molecule has 3 rings (SSSR count). The normalized spacial score (nSPS) is 17.2. The fourth-order valence-corrected chi connectivity index (χ4v) is 3.57. The van der Waals surface area contributed by atoms with Gasteiger partial charge in [0.1, 0.15) is 5.82 Å². The van der Waals surface area contributed by atoms with Crippen molar-refractivity contribution in [3.63, 3.8) is 0 Å². The first kappa shape index (κ1) is 17.0. The van der Waals surface area contributed by atoms with Gasteiger partial charge in [0.05, 0.1) is 12.8 Å². The minimum Gasteiger partial charge on any atom is -0.419 e. The zero-order chi connectivity index (χ0) is 17.2. The zero-order valence-corrected chi connectivity index (χ0v) is 14.1. The number of nitrogens with zero attached hydrogens (tertiary/aromatic N) is 3. The van der Waals surface area contributed by atoms with Crippen LogP contribution in [0.5, 0.6) is 0 Å². The van der Waals surface area contributed by atoms with Crippen molar-refractivity contribution in [2.24, 2.45) is 0 Å². The second-order valence-corrected chi connectivity index (χ2v) is 7.73. The molecule has 0 spiro atoms. The predicted molar refractivity (Wildman–Crippen MR) is 86.0 cm³/mol. The number of piperidine rings is 1. The van der Waals surface area contributed by atoms with Crippen LogP contribution in [0.4, 0.5) is 4.39 Å². The van der Waals surface area contributed by atoms with Crippen LogP contribution in [-0.2, 0) is 16.6 Å². The van der Waals surface area contributed by atoms with Crippen molar-refractivity contribution in [3.05, 3.63) is 36.0 Å². The quantitative estimate of drug-likeness (QED) is 0.873. The summed E-state index contributed by atoms with van der Waals surface area (Å²) in [7, 11) is -3.17. The van der Waals surface area contributed by atoms with Crippen molar-refractivity contribution < 1.29 is 17.2 Å². The van der Waals surface area contributed by atoms with Crippen molar-refractivity contribution >= 4 is 10.0 Å². The third-order valence-corrected chi connectivity index (χ3v) is 4.65. The van der Waals surface area contributed by atoms with Crippen LogP contribution < -0.4 is 4.72 Å². The number of sulfonamides is 1. The second-order valence-electron chi connectivity index (χ2n) is 5.95. The molecule has 2 aromatic rings. The first-order valence-electron chi connectivity index (χ1n) is 7.67. The van der Waals surface area contributed by atoms with Crippen molar-refractivity contribution in [1.82, 2.24) is 19.8 Å². The molecule has 0 saturated carbocycles. The molecule has 130 valence electrons. The van der Waals surface area contributed by atoms with Crippen LogP contribution in [0.2, 0.25) is 0 Å². The number of likely N-dealkylation sites (tertiary alicyclic amines) is 1. The molecule has 1 fully saturated rings. The SMILES string of the molecule is CS(=O)(=O)NC1CCN(Cc2nnc(-c3ccc(F)cc3)o2)CC1. The van der Waals surface area contributed by atoms with Gasteiger partial charge in [0.15, 0.2) is 0 Å². The number of halogens is 1. The van der Waals surface area contributed by atoms with E-state index in [9.17, 15) is 12.8 Å². The highest BCUT2D eigenvalue weighted by molar-refractivity contribution is 7.88. The topological polar surface area (TPSA) is 88.3 Å². The summed E-state index contributed by atoms with van der Waals surface area (Å²) in [5.74, 6) is 0.534. The molecular formula is C15H19FN4O3S. The lowest BCUT2D eigenvalue weighted by Gasteiger charge is -2.30. The van der Waals surface area contributed by atoms with Gasteiger partial charge < -0.3 is 4.42 Å². The molecule has 0 atom stereocenters. The average Bonchev–Trinajstić information content (AvgIpc) is 2.97. The Bertz CT molecular complexity index is 783. The highest BCUT2D eigenvalue weighted by Crippen LogP contribution is 2.20. The van der Waals surface area contributed by atoms with Gasteiger partial charge in [-0.2, -0.15) is 0 Å². The van der Waals surface area contributed by atoms with Crippen LogP contribution in [0, 0.1) is 5.82 Å². The Labute approximate surface area is 139 Å². The number of hydrogen-bond acceptors (Lipinski definition) is 6. The van der Waals surface area contributed by atoms with Crippen molar-refractivity contribution in [1.29, 1.82) is 0 Å². The number of aromatic nitrogens is 2. The molecule has 0 unspecified atom stereocenters. The summed E-state index contributed by atoms with van der Waals surface area (Å²) in [5.41, 5.74) is 0.672. The van der Waals surface area contributed by atoms with Gasteiger partial charge in [0.2, 0.25) is 21.8 Å². The van der Waals surface area contributed by atoms with Gasteiger partial charge in [0, 0.05) is 24.7 Å². The van der Waals surface area contributed by atoms with Crippen molar-refractivity contribution in [2.75, 3.05) is 19.3 Å². The Balaban J connectivity index is 1.55. The van der Waals surface area contributed by atoms with Crippen molar-refractivity contribution in [2.45, 2.75) is 25.4 Å². The molecule has 1 aromatic carbocycles. The molecule has 1 saturated heterocycles. The molecule has 2 heterocycles. The number of hydrogen-bond donors (Lipinski definition) is 1. The largest absolute Gasteiger partial charge is 0.419 e. The van der Waals surface area contributed by atoms with E-state index < -0.39 is 10.0 Å². The molecule has 0 amide bonds. The summed E-state index contributed by atoms with van der Waals surface area (Å²) in [6.45, 7) is 2.02. The summed E-state index contributed by atoms with van der Waals surface area (Å²) < 4.78 is 43.7. The number of nitrogens with one attached hydrogen (secondary N) is 1. The summed E-state index contributed by atoms with van der Waals surface area (Å²) in [5, 5.41) is 8.01. The van der Waals surface area contributed by atoms with Crippen molar-refractivity contribution in [3.8, 4) is 11.5 Å². The molecule has 9 heteroatoms. The summed E-state index contributed by atoms with van der Waals surface area (Å²) in [6.07, 6.45) is 2.66. The van der Waals surface area contributed by atoms with Gasteiger partial charge in [-0.3, -0.25) is 4.90 Å². The molecule has 1 aromatic heterocycles. The van der Waals surface area contributed by atoms with Crippen LogP contribution >= 0.6 is 0 Å². The molecular weight excluding hydrogens is 335 g/mol. The van der Waals surface area contributed by atoms with E-state index in [1.54, 1.807) is 12.1 Å². The Kier molecular flexibility index (Phi) is 4.93. The Hall–Kier alpha value is -1.84. The zero-order valence-electron chi connectivity index (χ0n) is 13.3. The smallest absolute Gasteiger partial charge is 0.247 e. The molecule has 7 nitrogen and oxygen atoms in total. The minimum absolute atomic E-state index is 0.0197. The van der Waals surface area contributed by atoms with E-state index in [-0.39, 0.29) is 11.9 Å². The third kappa shape index (κ3) is 4.59. The number of benzene rings is 1. The van der Waals surface area contributed by atoms with Gasteiger partial charge in [-0.1, -0.05) is 0 Å². The fourth-order valence-electron chi connectivity index (χ4n) is 2.73. The lowest BCUT2D eigenvalue weighted by molar-refractivity contribution is 0.184.